The summed E-state index contributed by atoms with van der Waals surface area (Å²) in [5, 5.41) is 9.44. The van der Waals surface area contributed by atoms with Crippen molar-refractivity contribution in [3.05, 3.63) is 71.1 Å². The van der Waals surface area contributed by atoms with E-state index in [1.165, 1.54) is 18.2 Å². The molecule has 0 spiro atoms. The molecule has 0 unspecified atom stereocenters. The number of alkyl halides is 3. The van der Waals surface area contributed by atoms with Crippen molar-refractivity contribution in [1.82, 2.24) is 0 Å². The number of thiophene rings is 1. The van der Waals surface area contributed by atoms with E-state index in [4.69, 9.17) is 0 Å². The fourth-order valence-corrected chi connectivity index (χ4v) is 5.27. The van der Waals surface area contributed by atoms with Crippen molar-refractivity contribution in [3.63, 3.8) is 0 Å². The first-order valence-electron chi connectivity index (χ1n) is 8.06. The van der Waals surface area contributed by atoms with Gasteiger partial charge in [-0.3, -0.25) is 0 Å². The van der Waals surface area contributed by atoms with Crippen molar-refractivity contribution >= 4 is 27.1 Å². The smallest absolute Gasteiger partial charge is 0.477 e. The van der Waals surface area contributed by atoms with Gasteiger partial charge in [0.15, 0.2) is 9.84 Å². The predicted molar refractivity (Wildman–Crippen MR) is 101 cm³/mol. The molecule has 0 radical (unpaired) electrons. The molecular formula is C19H13F3O5S2. The van der Waals surface area contributed by atoms with E-state index in [2.05, 4.69) is 4.74 Å². The molecule has 10 heteroatoms. The monoisotopic (exact) mass is 442 g/mol. The van der Waals surface area contributed by atoms with Gasteiger partial charge in [0.2, 0.25) is 0 Å². The third kappa shape index (κ3) is 4.96. The van der Waals surface area contributed by atoms with Crippen LogP contribution in [0.4, 0.5) is 13.2 Å². The van der Waals surface area contributed by atoms with Gasteiger partial charge in [-0.25, -0.2) is 13.2 Å². The standard InChI is InChI=1S/C19H13F3O5S2/c20-19(21,22)27-14-8-4-5-9-16(14)29(25,26)11-13-10-15(28-17(13)18(23)24)12-6-2-1-3-7-12/h1-10H,11H2,(H,23,24). The van der Waals surface area contributed by atoms with Crippen LogP contribution >= 0.6 is 11.3 Å². The first-order chi connectivity index (χ1) is 13.6. The summed E-state index contributed by atoms with van der Waals surface area (Å²) in [7, 11) is -4.32. The van der Waals surface area contributed by atoms with Crippen LogP contribution in [0.25, 0.3) is 10.4 Å². The van der Waals surface area contributed by atoms with E-state index in [0.717, 1.165) is 23.5 Å². The Morgan fingerprint density at radius 2 is 1.66 bits per heavy atom. The number of para-hydroxylation sites is 1. The van der Waals surface area contributed by atoms with E-state index in [9.17, 15) is 31.5 Å². The lowest BCUT2D eigenvalue weighted by atomic mass is 10.1. The summed E-state index contributed by atoms with van der Waals surface area (Å²) in [5.74, 6) is -2.96. The van der Waals surface area contributed by atoms with Gasteiger partial charge in [-0.1, -0.05) is 42.5 Å². The number of ether oxygens (including phenoxy) is 1. The lowest BCUT2D eigenvalue weighted by molar-refractivity contribution is -0.275. The molecule has 0 atom stereocenters. The maximum atomic E-state index is 12.8. The molecule has 29 heavy (non-hydrogen) atoms. The maximum absolute atomic E-state index is 12.8. The summed E-state index contributed by atoms with van der Waals surface area (Å²) in [5.41, 5.74) is 0.688. The van der Waals surface area contributed by atoms with Gasteiger partial charge in [-0.05, 0) is 29.3 Å². The van der Waals surface area contributed by atoms with Crippen molar-refractivity contribution in [2.45, 2.75) is 17.0 Å². The van der Waals surface area contributed by atoms with Gasteiger partial charge in [-0.15, -0.1) is 24.5 Å². The van der Waals surface area contributed by atoms with Crippen LogP contribution < -0.4 is 4.74 Å². The van der Waals surface area contributed by atoms with Crippen LogP contribution in [0.2, 0.25) is 0 Å². The van der Waals surface area contributed by atoms with Crippen LogP contribution in [-0.4, -0.2) is 25.9 Å². The topological polar surface area (TPSA) is 80.7 Å². The van der Waals surface area contributed by atoms with Gasteiger partial charge in [0.05, 0.1) is 5.75 Å². The van der Waals surface area contributed by atoms with Gasteiger partial charge in [0.1, 0.15) is 15.5 Å². The largest absolute Gasteiger partial charge is 0.573 e. The summed E-state index contributed by atoms with van der Waals surface area (Å²) in [6.45, 7) is 0. The highest BCUT2D eigenvalue weighted by atomic mass is 32.2. The summed E-state index contributed by atoms with van der Waals surface area (Å²) in [6.07, 6.45) is -5.07. The fourth-order valence-electron chi connectivity index (χ4n) is 2.66. The average Bonchev–Trinajstić information content (AvgIpc) is 3.05. The number of sulfone groups is 1. The predicted octanol–water partition coefficient (Wildman–Crippen LogP) is 4.99. The second-order valence-electron chi connectivity index (χ2n) is 5.89. The van der Waals surface area contributed by atoms with E-state index < -0.39 is 38.6 Å². The number of carboxylic acids is 1. The molecule has 2 aromatic carbocycles. The van der Waals surface area contributed by atoms with E-state index in [-0.39, 0.29) is 10.4 Å². The maximum Gasteiger partial charge on any atom is 0.573 e. The molecular weight excluding hydrogens is 429 g/mol. The van der Waals surface area contributed by atoms with Gasteiger partial charge in [0, 0.05) is 4.88 Å². The second kappa shape index (κ2) is 7.88. The molecule has 0 saturated carbocycles. The molecule has 3 aromatic rings. The Bertz CT molecular complexity index is 1140. The fraction of sp³-hybridized carbons (Fsp3) is 0.105. The molecule has 152 valence electrons. The van der Waals surface area contributed by atoms with Gasteiger partial charge >= 0.3 is 12.3 Å². The highest BCUT2D eigenvalue weighted by Gasteiger charge is 2.34. The molecule has 1 N–H and O–H groups in total. The molecule has 0 bridgehead atoms. The molecule has 1 aromatic heterocycles. The lowest BCUT2D eigenvalue weighted by Crippen LogP contribution is -2.19. The Kier molecular flexibility index (Phi) is 5.67. The van der Waals surface area contributed by atoms with Crippen molar-refractivity contribution in [1.29, 1.82) is 0 Å². The van der Waals surface area contributed by atoms with Crippen LogP contribution in [-0.2, 0) is 15.6 Å². The summed E-state index contributed by atoms with van der Waals surface area (Å²) in [6, 6.07) is 14.5. The van der Waals surface area contributed by atoms with E-state index in [0.29, 0.717) is 10.4 Å². The number of carboxylic acid groups (broad SMARTS) is 1. The van der Waals surface area contributed by atoms with Gasteiger partial charge < -0.3 is 9.84 Å². The number of carbonyl (C=O) groups is 1. The van der Waals surface area contributed by atoms with Crippen molar-refractivity contribution < 1.29 is 36.2 Å². The molecule has 1 heterocycles. The van der Waals surface area contributed by atoms with E-state index in [1.54, 1.807) is 30.3 Å². The molecule has 3 rings (SSSR count). The van der Waals surface area contributed by atoms with Crippen molar-refractivity contribution in [2.75, 3.05) is 0 Å². The number of hydrogen-bond acceptors (Lipinski definition) is 5. The zero-order valence-corrected chi connectivity index (χ0v) is 16.1. The Hall–Kier alpha value is -2.85. The highest BCUT2D eigenvalue weighted by Crippen LogP contribution is 2.36. The second-order valence-corrected chi connectivity index (χ2v) is 8.90. The SMILES string of the molecule is O=C(O)c1sc(-c2ccccc2)cc1CS(=O)(=O)c1ccccc1OC(F)(F)F. The molecule has 5 nitrogen and oxygen atoms in total. The van der Waals surface area contributed by atoms with Crippen LogP contribution in [0, 0.1) is 0 Å². The average molecular weight is 442 g/mol. The Balaban J connectivity index is 2.02. The van der Waals surface area contributed by atoms with Crippen LogP contribution in [0.15, 0.2) is 65.6 Å². The number of rotatable bonds is 6. The summed E-state index contributed by atoms with van der Waals surface area (Å²) >= 11 is 0.896. The lowest BCUT2D eigenvalue weighted by Gasteiger charge is -2.13. The third-order valence-corrected chi connectivity index (χ3v) is 6.73. The van der Waals surface area contributed by atoms with Gasteiger partial charge in [0.25, 0.3) is 0 Å². The number of halogens is 3. The molecule has 0 fully saturated rings. The minimum atomic E-state index is -5.07. The Morgan fingerprint density at radius 1 is 1.03 bits per heavy atom. The molecule has 0 amide bonds. The molecule has 0 aliphatic heterocycles. The van der Waals surface area contributed by atoms with Crippen molar-refractivity contribution in [2.24, 2.45) is 0 Å². The zero-order chi connectivity index (χ0) is 21.2. The Labute approximate surface area is 167 Å². The van der Waals surface area contributed by atoms with Crippen LogP contribution in [0.1, 0.15) is 15.2 Å². The number of aromatic carboxylic acids is 1. The van der Waals surface area contributed by atoms with Crippen molar-refractivity contribution in [3.8, 4) is 16.2 Å². The quantitative estimate of drug-likeness (QED) is 0.582. The first-order valence-corrected chi connectivity index (χ1v) is 10.5. The normalized spacial score (nSPS) is 12.0. The number of hydrogen-bond donors (Lipinski definition) is 1. The third-order valence-electron chi connectivity index (χ3n) is 3.82. The van der Waals surface area contributed by atoms with Crippen LogP contribution in [0.5, 0.6) is 5.75 Å². The molecule has 0 saturated heterocycles. The van der Waals surface area contributed by atoms with Gasteiger partial charge in [-0.2, -0.15) is 0 Å². The van der Waals surface area contributed by atoms with E-state index >= 15 is 0 Å². The first kappa shape index (κ1) is 20.9. The number of benzene rings is 2. The van der Waals surface area contributed by atoms with Crippen LogP contribution in [0.3, 0.4) is 0 Å². The summed E-state index contributed by atoms with van der Waals surface area (Å²) < 4.78 is 67.2. The summed E-state index contributed by atoms with van der Waals surface area (Å²) in [4.78, 5) is 11.3. The molecule has 0 aliphatic carbocycles. The molecule has 0 aliphatic rings. The zero-order valence-electron chi connectivity index (χ0n) is 14.5. The minimum Gasteiger partial charge on any atom is -0.477 e. The van der Waals surface area contributed by atoms with E-state index in [1.807, 2.05) is 0 Å². The highest BCUT2D eigenvalue weighted by molar-refractivity contribution is 7.90. The Morgan fingerprint density at radius 3 is 2.28 bits per heavy atom. The minimum absolute atomic E-state index is 0.0110.